The lowest BCUT2D eigenvalue weighted by molar-refractivity contribution is 0.481. The summed E-state index contributed by atoms with van der Waals surface area (Å²) in [6, 6.07) is 7.64. The average Bonchev–Trinajstić information content (AvgIpc) is 2.46. The van der Waals surface area contributed by atoms with Crippen LogP contribution in [0.25, 0.3) is 0 Å². The molecule has 1 nitrogen and oxygen atoms in total. The Labute approximate surface area is 119 Å². The highest BCUT2D eigenvalue weighted by Crippen LogP contribution is 2.23. The minimum Gasteiger partial charge on any atom is -0.310 e. The van der Waals surface area contributed by atoms with Crippen LogP contribution in [-0.4, -0.2) is 6.54 Å². The number of hydrogen-bond donors (Lipinski definition) is 1. The van der Waals surface area contributed by atoms with E-state index in [-0.39, 0.29) is 0 Å². The van der Waals surface area contributed by atoms with Crippen molar-refractivity contribution in [2.24, 2.45) is 0 Å². The van der Waals surface area contributed by atoms with E-state index in [0.29, 0.717) is 6.04 Å². The number of nitrogens with one attached hydrogen (secondary N) is 1. The Morgan fingerprint density at radius 3 is 2.26 bits per heavy atom. The van der Waals surface area contributed by atoms with E-state index in [1.54, 1.807) is 0 Å². The first kappa shape index (κ1) is 16.2. The molecule has 0 aliphatic carbocycles. The summed E-state index contributed by atoms with van der Waals surface area (Å²) >= 11 is 0. The SMILES string of the molecule is CCCCC(NCCC)c1ccc(CC)c(CC)c1. The van der Waals surface area contributed by atoms with Crippen LogP contribution in [0.15, 0.2) is 18.2 Å². The zero-order valence-corrected chi connectivity index (χ0v) is 13.3. The fraction of sp³-hybridized carbons (Fsp3) is 0.667. The molecule has 0 heterocycles. The second-order valence-electron chi connectivity index (χ2n) is 5.38. The van der Waals surface area contributed by atoms with E-state index in [1.165, 1.54) is 42.4 Å². The van der Waals surface area contributed by atoms with Crippen molar-refractivity contribution < 1.29 is 0 Å². The topological polar surface area (TPSA) is 12.0 Å². The van der Waals surface area contributed by atoms with Crippen LogP contribution in [0.1, 0.15) is 76.1 Å². The van der Waals surface area contributed by atoms with Crippen molar-refractivity contribution in [3.05, 3.63) is 34.9 Å². The van der Waals surface area contributed by atoms with E-state index in [2.05, 4.69) is 51.2 Å². The molecule has 19 heavy (non-hydrogen) atoms. The number of hydrogen-bond acceptors (Lipinski definition) is 1. The second kappa shape index (κ2) is 9.14. The summed E-state index contributed by atoms with van der Waals surface area (Å²) in [7, 11) is 0. The lowest BCUT2D eigenvalue weighted by Crippen LogP contribution is -2.22. The summed E-state index contributed by atoms with van der Waals surface area (Å²) in [6.45, 7) is 10.1. The van der Waals surface area contributed by atoms with Gasteiger partial charge in [-0.3, -0.25) is 0 Å². The summed E-state index contributed by atoms with van der Waals surface area (Å²) in [6.07, 6.45) is 7.33. The van der Waals surface area contributed by atoms with Gasteiger partial charge in [-0.25, -0.2) is 0 Å². The van der Waals surface area contributed by atoms with Gasteiger partial charge in [0, 0.05) is 6.04 Å². The molecular weight excluding hydrogens is 230 g/mol. The van der Waals surface area contributed by atoms with Gasteiger partial charge in [0.15, 0.2) is 0 Å². The van der Waals surface area contributed by atoms with Crippen LogP contribution in [0, 0.1) is 0 Å². The van der Waals surface area contributed by atoms with E-state index in [9.17, 15) is 0 Å². The maximum Gasteiger partial charge on any atom is 0.0320 e. The minimum absolute atomic E-state index is 0.538. The molecule has 0 aliphatic heterocycles. The van der Waals surface area contributed by atoms with Crippen molar-refractivity contribution in [2.75, 3.05) is 6.54 Å². The highest BCUT2D eigenvalue weighted by molar-refractivity contribution is 5.33. The molecule has 1 heteroatoms. The van der Waals surface area contributed by atoms with Gasteiger partial charge in [0.05, 0.1) is 0 Å². The monoisotopic (exact) mass is 261 g/mol. The molecule has 0 amide bonds. The normalized spacial score (nSPS) is 12.6. The van der Waals surface area contributed by atoms with E-state index >= 15 is 0 Å². The molecule has 0 radical (unpaired) electrons. The molecule has 1 rings (SSSR count). The van der Waals surface area contributed by atoms with Crippen molar-refractivity contribution in [1.82, 2.24) is 5.32 Å². The zero-order chi connectivity index (χ0) is 14.1. The van der Waals surface area contributed by atoms with Gasteiger partial charge in [-0.05, 0) is 48.9 Å². The summed E-state index contributed by atoms with van der Waals surface area (Å²) in [5.41, 5.74) is 4.52. The molecule has 1 unspecified atom stereocenters. The van der Waals surface area contributed by atoms with Crippen LogP contribution in [0.4, 0.5) is 0 Å². The molecule has 0 spiro atoms. The lowest BCUT2D eigenvalue weighted by atomic mass is 9.94. The molecule has 108 valence electrons. The van der Waals surface area contributed by atoms with Crippen molar-refractivity contribution in [3.8, 4) is 0 Å². The highest BCUT2D eigenvalue weighted by Gasteiger charge is 2.11. The Balaban J connectivity index is 2.87. The summed E-state index contributed by atoms with van der Waals surface area (Å²) in [5.74, 6) is 0. The highest BCUT2D eigenvalue weighted by atomic mass is 14.9. The van der Waals surface area contributed by atoms with Crippen LogP contribution in [-0.2, 0) is 12.8 Å². The quantitative estimate of drug-likeness (QED) is 0.656. The number of aryl methyl sites for hydroxylation is 2. The first-order valence-electron chi connectivity index (χ1n) is 8.11. The van der Waals surface area contributed by atoms with Crippen molar-refractivity contribution in [3.63, 3.8) is 0 Å². The third kappa shape index (κ3) is 4.99. The maximum atomic E-state index is 3.71. The van der Waals surface area contributed by atoms with Crippen molar-refractivity contribution in [1.29, 1.82) is 0 Å². The van der Waals surface area contributed by atoms with Crippen molar-refractivity contribution >= 4 is 0 Å². The van der Waals surface area contributed by atoms with Gasteiger partial charge in [-0.1, -0.05) is 58.7 Å². The molecule has 0 fully saturated rings. The Bertz CT molecular complexity index is 349. The molecule has 0 bridgehead atoms. The summed E-state index contributed by atoms with van der Waals surface area (Å²) in [5, 5.41) is 3.71. The maximum absolute atomic E-state index is 3.71. The molecule has 1 atom stereocenters. The van der Waals surface area contributed by atoms with Gasteiger partial charge < -0.3 is 5.32 Å². The first-order chi connectivity index (χ1) is 9.26. The zero-order valence-electron chi connectivity index (χ0n) is 13.3. The molecule has 1 N–H and O–H groups in total. The van der Waals surface area contributed by atoms with Gasteiger partial charge in [0.25, 0.3) is 0 Å². The van der Waals surface area contributed by atoms with Crippen LogP contribution in [0.5, 0.6) is 0 Å². The Morgan fingerprint density at radius 1 is 0.947 bits per heavy atom. The van der Waals surface area contributed by atoms with Gasteiger partial charge in [0.1, 0.15) is 0 Å². The van der Waals surface area contributed by atoms with E-state index < -0.39 is 0 Å². The third-order valence-electron chi connectivity index (χ3n) is 3.88. The third-order valence-corrected chi connectivity index (χ3v) is 3.88. The second-order valence-corrected chi connectivity index (χ2v) is 5.38. The van der Waals surface area contributed by atoms with E-state index in [0.717, 1.165) is 19.4 Å². The Hall–Kier alpha value is -0.820. The average molecular weight is 261 g/mol. The smallest absolute Gasteiger partial charge is 0.0320 e. The molecule has 0 aliphatic rings. The summed E-state index contributed by atoms with van der Waals surface area (Å²) < 4.78 is 0. The predicted octanol–water partition coefficient (Wildman–Crippen LogP) is 5.04. The van der Waals surface area contributed by atoms with Gasteiger partial charge >= 0.3 is 0 Å². The fourth-order valence-electron chi connectivity index (χ4n) is 2.65. The Kier molecular flexibility index (Phi) is 7.81. The molecule has 1 aromatic carbocycles. The lowest BCUT2D eigenvalue weighted by Gasteiger charge is -2.20. The van der Waals surface area contributed by atoms with Crippen molar-refractivity contribution in [2.45, 2.75) is 72.3 Å². The van der Waals surface area contributed by atoms with Gasteiger partial charge in [-0.2, -0.15) is 0 Å². The molecule has 0 saturated carbocycles. The number of unbranched alkanes of at least 4 members (excludes halogenated alkanes) is 1. The van der Waals surface area contributed by atoms with Gasteiger partial charge in [0.2, 0.25) is 0 Å². The predicted molar refractivity (Wildman–Crippen MR) is 85.8 cm³/mol. The largest absolute Gasteiger partial charge is 0.310 e. The standard InChI is InChI=1S/C18H31N/c1-5-9-10-18(19-13-6-2)17-12-11-15(7-3)16(8-4)14-17/h11-12,14,18-19H,5-10,13H2,1-4H3. The minimum atomic E-state index is 0.538. The van der Waals surface area contributed by atoms with Crippen LogP contribution >= 0.6 is 0 Å². The fourth-order valence-corrected chi connectivity index (χ4v) is 2.65. The molecule has 0 saturated heterocycles. The van der Waals surface area contributed by atoms with E-state index in [4.69, 9.17) is 0 Å². The number of benzene rings is 1. The number of rotatable bonds is 9. The molecular formula is C18H31N. The molecule has 1 aromatic rings. The summed E-state index contributed by atoms with van der Waals surface area (Å²) in [4.78, 5) is 0. The van der Waals surface area contributed by atoms with E-state index in [1.807, 2.05) is 0 Å². The Morgan fingerprint density at radius 2 is 1.68 bits per heavy atom. The first-order valence-corrected chi connectivity index (χ1v) is 8.11. The van der Waals surface area contributed by atoms with Crippen LogP contribution in [0.2, 0.25) is 0 Å². The van der Waals surface area contributed by atoms with Gasteiger partial charge in [-0.15, -0.1) is 0 Å². The van der Waals surface area contributed by atoms with Crippen LogP contribution in [0.3, 0.4) is 0 Å². The van der Waals surface area contributed by atoms with Crippen LogP contribution < -0.4 is 5.32 Å². The molecule has 0 aromatic heterocycles.